The maximum atomic E-state index is 3.60. The Morgan fingerprint density at radius 3 is 1.07 bits per heavy atom. The first-order valence-corrected chi connectivity index (χ1v) is 22.9. The van der Waals surface area contributed by atoms with E-state index in [0.29, 0.717) is 0 Å². The van der Waals surface area contributed by atoms with Gasteiger partial charge in [-0.25, -0.2) is 0 Å². The minimum absolute atomic E-state index is 0. The molecule has 0 aliphatic rings. The molecule has 8 aromatic carbocycles. The van der Waals surface area contributed by atoms with E-state index in [1.165, 1.54) is 113 Å². The standard InChI is InChI=1S/2C21H17.2C4H9.2CH3.Si.Zr/c2*1-2-15-13-17-9-6-12-20(21(17)14-15)19-11-5-8-16-7-3-4-10-18(16)19;2*1-3-4-2;;;;/h2*3-14H,2H2,1H3;2*1,3-4H2,2H3;2*1H3;;/q6*-1;;. The topological polar surface area (TPSA) is 0 Å². The first-order chi connectivity index (χ1) is 25.6. The molecule has 0 amide bonds. The third kappa shape index (κ3) is 11.6. The predicted molar refractivity (Wildman–Crippen MR) is 243 cm³/mol. The zero-order valence-corrected chi connectivity index (χ0v) is 37.0. The molecule has 0 nitrogen and oxygen atoms in total. The van der Waals surface area contributed by atoms with Gasteiger partial charge in [-0.2, -0.15) is 25.0 Å². The number of aryl methyl sites for hydroxylation is 2. The number of hydrogen-bond donors (Lipinski definition) is 0. The van der Waals surface area contributed by atoms with E-state index in [-0.39, 0.29) is 14.9 Å². The molecule has 0 fully saturated rings. The van der Waals surface area contributed by atoms with Crippen LogP contribution in [0.2, 0.25) is 0 Å². The molecule has 0 aliphatic heterocycles. The van der Waals surface area contributed by atoms with E-state index in [1.807, 2.05) is 0 Å². The van der Waals surface area contributed by atoms with Crippen LogP contribution in [0.1, 0.15) is 64.5 Å². The van der Waals surface area contributed by atoms with Crippen molar-refractivity contribution in [1.82, 2.24) is 0 Å². The molecule has 0 N–H and O–H groups in total. The van der Waals surface area contributed by atoms with E-state index in [0.717, 1.165) is 25.7 Å². The first kappa shape index (κ1) is 46.3. The number of benzene rings is 6. The quantitative estimate of drug-likeness (QED) is 0.116. The summed E-state index contributed by atoms with van der Waals surface area (Å²) >= 11 is 1.36. The summed E-state index contributed by atoms with van der Waals surface area (Å²) in [6.45, 7) is 18.9. The Labute approximate surface area is 345 Å². The van der Waals surface area contributed by atoms with Crippen LogP contribution in [0.4, 0.5) is 0 Å². The van der Waals surface area contributed by atoms with E-state index in [1.54, 1.807) is 0 Å². The summed E-state index contributed by atoms with van der Waals surface area (Å²) in [4.78, 5) is 0. The number of rotatable bonds is 6. The molecule has 0 heterocycles. The monoisotopic (exact) mass is 800 g/mol. The second-order valence-corrected chi connectivity index (χ2v) is 12.8. The number of hydrogen-bond acceptors (Lipinski definition) is 0. The molecule has 0 saturated heterocycles. The fourth-order valence-electron chi connectivity index (χ4n) is 6.39. The Hall–Kier alpha value is -3.84. The van der Waals surface area contributed by atoms with Gasteiger partial charge in [-0.15, -0.1) is 69.1 Å². The summed E-state index contributed by atoms with van der Waals surface area (Å²) in [7, 11) is 0. The van der Waals surface area contributed by atoms with E-state index in [4.69, 9.17) is 0 Å². The molecule has 0 bridgehead atoms. The molecule has 54 heavy (non-hydrogen) atoms. The molecule has 0 atom stereocenters. The summed E-state index contributed by atoms with van der Waals surface area (Å²) in [5.41, 5.74) is 8.15. The van der Waals surface area contributed by atoms with Crippen LogP contribution in [-0.2, 0) is 36.2 Å². The molecule has 8 aromatic rings. The maximum absolute atomic E-state index is 3.60. The Morgan fingerprint density at radius 2 is 0.741 bits per heavy atom. The molecular formula is C52H58SiZr-6. The minimum atomic E-state index is 0. The van der Waals surface area contributed by atoms with Crippen LogP contribution in [0.15, 0.2) is 146 Å². The van der Waals surface area contributed by atoms with Crippen LogP contribution in [-0.4, -0.2) is 6.88 Å². The average Bonchev–Trinajstić information content (AvgIpc) is 3.86. The van der Waals surface area contributed by atoms with Crippen molar-refractivity contribution in [1.29, 1.82) is 0 Å². The second kappa shape index (κ2) is 24.5. The van der Waals surface area contributed by atoms with Crippen molar-refractivity contribution >= 4 is 50.0 Å². The molecule has 0 aliphatic carbocycles. The summed E-state index contributed by atoms with van der Waals surface area (Å²) < 4.78 is 0. The van der Waals surface area contributed by atoms with Crippen LogP contribution >= 0.6 is 0 Å². The van der Waals surface area contributed by atoms with Crippen LogP contribution in [0.3, 0.4) is 0 Å². The van der Waals surface area contributed by atoms with Crippen LogP contribution in [0.25, 0.3) is 65.3 Å². The van der Waals surface area contributed by atoms with Crippen LogP contribution in [0.5, 0.6) is 0 Å². The summed E-state index contributed by atoms with van der Waals surface area (Å²) in [6.07, 6.45) is 6.73. The fraction of sp³-hybridized carbons (Fsp3) is 0.192. The van der Waals surface area contributed by atoms with Gasteiger partial charge in [0.15, 0.2) is 0 Å². The van der Waals surface area contributed by atoms with Crippen molar-refractivity contribution in [3.05, 3.63) is 185 Å². The van der Waals surface area contributed by atoms with Crippen molar-refractivity contribution in [2.75, 3.05) is 0 Å². The van der Waals surface area contributed by atoms with E-state index < -0.39 is 0 Å². The van der Waals surface area contributed by atoms with Crippen molar-refractivity contribution < 1.29 is 23.3 Å². The van der Waals surface area contributed by atoms with Gasteiger partial charge in [0.05, 0.1) is 0 Å². The van der Waals surface area contributed by atoms with Gasteiger partial charge in [-0.3, -0.25) is 0 Å². The molecule has 2 radical (unpaired) electrons. The molecule has 0 spiro atoms. The van der Waals surface area contributed by atoms with Crippen molar-refractivity contribution in [3.63, 3.8) is 0 Å². The van der Waals surface area contributed by atoms with E-state index in [2.05, 4.69) is 194 Å². The van der Waals surface area contributed by atoms with Crippen molar-refractivity contribution in [3.8, 4) is 22.3 Å². The molecule has 2 heteroatoms. The number of fused-ring (bicyclic) bond motifs is 4. The summed E-state index contributed by atoms with van der Waals surface area (Å²) in [5.74, 6) is 0. The normalized spacial score (nSPS) is 9.94. The van der Waals surface area contributed by atoms with Gasteiger partial charge < -0.3 is 28.7 Å². The average molecular weight is 802 g/mol. The van der Waals surface area contributed by atoms with E-state index in [9.17, 15) is 0 Å². The molecule has 8 rings (SSSR count). The Balaban J connectivity index is 0.000000292. The molecule has 0 aromatic heterocycles. The van der Waals surface area contributed by atoms with Gasteiger partial charge in [0.2, 0.25) is 0 Å². The second-order valence-electron chi connectivity index (χ2n) is 12.8. The Bertz CT molecular complexity index is 2090. The van der Waals surface area contributed by atoms with Crippen molar-refractivity contribution in [2.45, 2.75) is 66.2 Å². The van der Waals surface area contributed by atoms with Crippen LogP contribution in [0, 0.1) is 28.7 Å². The first-order valence-electron chi connectivity index (χ1n) is 18.7. The van der Waals surface area contributed by atoms with Gasteiger partial charge in [0.1, 0.15) is 0 Å². The zero-order valence-electron chi connectivity index (χ0n) is 33.5. The molecular weight excluding hydrogens is 744 g/mol. The predicted octanol–water partition coefficient (Wildman–Crippen LogP) is 15.6. The zero-order chi connectivity index (χ0) is 37.3. The van der Waals surface area contributed by atoms with Gasteiger partial charge in [-0.1, -0.05) is 149 Å². The summed E-state index contributed by atoms with van der Waals surface area (Å²) in [6, 6.07) is 52.9. The van der Waals surface area contributed by atoms with Gasteiger partial charge >= 0.3 is 30.2 Å². The van der Waals surface area contributed by atoms with Gasteiger partial charge in [0.25, 0.3) is 0 Å². The Kier molecular flexibility index (Phi) is 21.1. The summed E-state index contributed by atoms with van der Waals surface area (Å²) in [5, 5.41) is 10.7. The third-order valence-electron chi connectivity index (χ3n) is 9.30. The van der Waals surface area contributed by atoms with Crippen molar-refractivity contribution in [2.24, 2.45) is 0 Å². The van der Waals surface area contributed by atoms with E-state index >= 15 is 0 Å². The molecule has 0 saturated carbocycles. The third-order valence-corrected chi connectivity index (χ3v) is 9.30. The van der Waals surface area contributed by atoms with Gasteiger partial charge in [0, 0.05) is 0 Å². The molecule has 280 valence electrons. The van der Waals surface area contributed by atoms with Gasteiger partial charge in [-0.05, 0) is 45.5 Å². The number of unbranched alkanes of at least 4 members (excludes halogenated alkanes) is 2. The Morgan fingerprint density at radius 1 is 0.444 bits per heavy atom. The van der Waals surface area contributed by atoms with Crippen LogP contribution < -0.4 is 0 Å². The molecule has 0 unspecified atom stereocenters. The fourth-order valence-corrected chi connectivity index (χ4v) is 6.39. The SMILES string of the molecule is CCc1cc2c(-c3cccc4ccccc34)cccc2[cH-]1.CCc1cc2c(-c3cccc4ccccc34)cccc2[cH-]1.[CH2-]CCC.[CH2-]CCC.[CH3-].[CH3-].[Si]=[Zr].